The molecule has 0 radical (unpaired) electrons. The standard InChI is InChI=1S/C15H15FO/c1-10-2-7-15-13(8-10)14(9-17-15)11-3-5-12(16)6-4-11/h3-6,9-10H,2,7-8H2,1H3. The summed E-state index contributed by atoms with van der Waals surface area (Å²) in [5, 5.41) is 0. The number of benzene rings is 1. The van der Waals surface area contributed by atoms with Gasteiger partial charge in [-0.05, 0) is 36.5 Å². The van der Waals surface area contributed by atoms with Crippen LogP contribution in [0.1, 0.15) is 24.7 Å². The molecule has 1 unspecified atom stereocenters. The molecule has 1 nitrogen and oxygen atoms in total. The second-order valence-electron chi connectivity index (χ2n) is 4.91. The molecule has 0 spiro atoms. The molecule has 1 atom stereocenters. The Bertz CT molecular complexity index is 524. The lowest BCUT2D eigenvalue weighted by Gasteiger charge is -2.18. The van der Waals surface area contributed by atoms with E-state index >= 15 is 0 Å². The average molecular weight is 230 g/mol. The average Bonchev–Trinajstić information content (AvgIpc) is 2.73. The summed E-state index contributed by atoms with van der Waals surface area (Å²) in [5.41, 5.74) is 3.49. The third kappa shape index (κ3) is 1.88. The highest BCUT2D eigenvalue weighted by Gasteiger charge is 2.22. The van der Waals surface area contributed by atoms with Gasteiger partial charge in [-0.2, -0.15) is 0 Å². The number of halogens is 1. The molecule has 88 valence electrons. The van der Waals surface area contributed by atoms with E-state index in [9.17, 15) is 4.39 Å². The van der Waals surface area contributed by atoms with Gasteiger partial charge in [0.1, 0.15) is 11.6 Å². The van der Waals surface area contributed by atoms with Crippen molar-refractivity contribution in [2.75, 3.05) is 0 Å². The van der Waals surface area contributed by atoms with E-state index in [1.807, 2.05) is 18.4 Å². The van der Waals surface area contributed by atoms with Gasteiger partial charge in [-0.15, -0.1) is 0 Å². The van der Waals surface area contributed by atoms with Crippen molar-refractivity contribution in [1.29, 1.82) is 0 Å². The molecule has 0 aliphatic heterocycles. The minimum absolute atomic E-state index is 0.195. The van der Waals surface area contributed by atoms with Gasteiger partial charge >= 0.3 is 0 Å². The first-order valence-electron chi connectivity index (χ1n) is 6.09. The molecular weight excluding hydrogens is 215 g/mol. The molecule has 1 aromatic carbocycles. The fraction of sp³-hybridized carbons (Fsp3) is 0.333. The predicted octanol–water partition coefficient (Wildman–Crippen LogP) is 4.21. The summed E-state index contributed by atoms with van der Waals surface area (Å²) in [5.74, 6) is 1.63. The molecule has 0 N–H and O–H groups in total. The summed E-state index contributed by atoms with van der Waals surface area (Å²) in [6, 6.07) is 6.64. The first-order chi connectivity index (χ1) is 8.24. The highest BCUT2D eigenvalue weighted by Crippen LogP contribution is 2.35. The van der Waals surface area contributed by atoms with Gasteiger partial charge in [-0.25, -0.2) is 4.39 Å². The van der Waals surface area contributed by atoms with E-state index in [1.165, 1.54) is 24.1 Å². The molecule has 1 aliphatic carbocycles. The van der Waals surface area contributed by atoms with Gasteiger partial charge in [-0.3, -0.25) is 0 Å². The van der Waals surface area contributed by atoms with Crippen molar-refractivity contribution < 1.29 is 8.81 Å². The predicted molar refractivity (Wildman–Crippen MR) is 65.3 cm³/mol. The lowest BCUT2D eigenvalue weighted by atomic mass is 9.86. The van der Waals surface area contributed by atoms with Crippen LogP contribution < -0.4 is 0 Å². The van der Waals surface area contributed by atoms with Gasteiger partial charge in [0.05, 0.1) is 6.26 Å². The van der Waals surface area contributed by atoms with Crippen LogP contribution in [0.15, 0.2) is 34.9 Å². The fourth-order valence-electron chi connectivity index (χ4n) is 2.56. The lowest BCUT2D eigenvalue weighted by molar-refractivity contribution is 0.425. The molecule has 17 heavy (non-hydrogen) atoms. The SMILES string of the molecule is CC1CCc2occ(-c3ccc(F)cc3)c2C1. The minimum atomic E-state index is -0.195. The van der Waals surface area contributed by atoms with Crippen LogP contribution in [0.5, 0.6) is 0 Å². The van der Waals surface area contributed by atoms with Crippen molar-refractivity contribution in [2.24, 2.45) is 5.92 Å². The van der Waals surface area contributed by atoms with Crippen LogP contribution in [0, 0.1) is 11.7 Å². The minimum Gasteiger partial charge on any atom is -0.468 e. The third-order valence-electron chi connectivity index (χ3n) is 3.55. The third-order valence-corrected chi connectivity index (χ3v) is 3.55. The summed E-state index contributed by atoms with van der Waals surface area (Å²) < 4.78 is 18.5. The molecule has 0 saturated carbocycles. The number of hydrogen-bond donors (Lipinski definition) is 0. The maximum Gasteiger partial charge on any atom is 0.123 e. The van der Waals surface area contributed by atoms with Crippen molar-refractivity contribution in [3.63, 3.8) is 0 Å². The maximum absolute atomic E-state index is 12.9. The summed E-state index contributed by atoms with van der Waals surface area (Å²) in [6.45, 7) is 2.27. The number of hydrogen-bond acceptors (Lipinski definition) is 1. The number of aryl methyl sites for hydroxylation is 1. The molecule has 0 fully saturated rings. The van der Waals surface area contributed by atoms with Crippen molar-refractivity contribution in [3.05, 3.63) is 47.7 Å². The van der Waals surface area contributed by atoms with Crippen LogP contribution in [-0.2, 0) is 12.8 Å². The van der Waals surface area contributed by atoms with E-state index in [1.54, 1.807) is 0 Å². The fourth-order valence-corrected chi connectivity index (χ4v) is 2.56. The van der Waals surface area contributed by atoms with Gasteiger partial charge in [0.15, 0.2) is 0 Å². The van der Waals surface area contributed by atoms with Crippen LogP contribution in [0.2, 0.25) is 0 Å². The zero-order chi connectivity index (χ0) is 11.8. The normalized spacial score (nSPS) is 19.1. The molecular formula is C15H15FO. The quantitative estimate of drug-likeness (QED) is 0.715. The van der Waals surface area contributed by atoms with E-state index < -0.39 is 0 Å². The van der Waals surface area contributed by atoms with Crippen LogP contribution >= 0.6 is 0 Å². The van der Waals surface area contributed by atoms with Gasteiger partial charge in [-0.1, -0.05) is 19.1 Å². The summed E-state index contributed by atoms with van der Waals surface area (Å²) in [4.78, 5) is 0. The molecule has 0 bridgehead atoms. The van der Waals surface area contributed by atoms with Crippen molar-refractivity contribution in [1.82, 2.24) is 0 Å². The molecule has 3 rings (SSSR count). The topological polar surface area (TPSA) is 13.1 Å². The molecule has 1 heterocycles. The van der Waals surface area contributed by atoms with Crippen LogP contribution in [0.3, 0.4) is 0 Å². The molecule has 2 heteroatoms. The second kappa shape index (κ2) is 4.02. The molecule has 1 aromatic heterocycles. The Labute approximate surface area is 100 Å². The number of rotatable bonds is 1. The lowest BCUT2D eigenvalue weighted by Crippen LogP contribution is -2.09. The first-order valence-corrected chi connectivity index (χ1v) is 6.09. The van der Waals surface area contributed by atoms with Gasteiger partial charge in [0.25, 0.3) is 0 Å². The van der Waals surface area contributed by atoms with Crippen molar-refractivity contribution >= 4 is 0 Å². The van der Waals surface area contributed by atoms with Crippen molar-refractivity contribution in [2.45, 2.75) is 26.2 Å². The smallest absolute Gasteiger partial charge is 0.123 e. The zero-order valence-electron chi connectivity index (χ0n) is 9.87. The molecule has 1 aliphatic rings. The Balaban J connectivity index is 2.04. The Morgan fingerprint density at radius 1 is 1.24 bits per heavy atom. The van der Waals surface area contributed by atoms with Crippen molar-refractivity contribution in [3.8, 4) is 11.1 Å². The Morgan fingerprint density at radius 2 is 2.00 bits per heavy atom. The second-order valence-corrected chi connectivity index (χ2v) is 4.91. The first kappa shape index (κ1) is 10.6. The molecule has 2 aromatic rings. The monoisotopic (exact) mass is 230 g/mol. The summed E-state index contributed by atoms with van der Waals surface area (Å²) in [7, 11) is 0. The van der Waals surface area contributed by atoms with Crippen LogP contribution in [0.4, 0.5) is 4.39 Å². The number of furan rings is 1. The Morgan fingerprint density at radius 3 is 2.76 bits per heavy atom. The van der Waals surface area contributed by atoms with E-state index in [4.69, 9.17) is 4.42 Å². The van der Waals surface area contributed by atoms with E-state index in [0.717, 1.165) is 29.7 Å². The van der Waals surface area contributed by atoms with Crippen LogP contribution in [0.25, 0.3) is 11.1 Å². The molecule has 0 amide bonds. The van der Waals surface area contributed by atoms with Gasteiger partial charge in [0.2, 0.25) is 0 Å². The maximum atomic E-state index is 12.9. The summed E-state index contributed by atoms with van der Waals surface area (Å²) in [6.07, 6.45) is 5.11. The highest BCUT2D eigenvalue weighted by atomic mass is 19.1. The van der Waals surface area contributed by atoms with Gasteiger partial charge < -0.3 is 4.42 Å². The van der Waals surface area contributed by atoms with E-state index in [0.29, 0.717) is 5.92 Å². The van der Waals surface area contributed by atoms with Gasteiger partial charge in [0, 0.05) is 17.5 Å². The largest absolute Gasteiger partial charge is 0.468 e. The molecule has 0 saturated heterocycles. The Kier molecular flexibility index (Phi) is 2.50. The van der Waals surface area contributed by atoms with E-state index in [-0.39, 0.29) is 5.82 Å². The Hall–Kier alpha value is -1.57. The van der Waals surface area contributed by atoms with E-state index in [2.05, 4.69) is 6.92 Å². The summed E-state index contributed by atoms with van der Waals surface area (Å²) >= 11 is 0. The zero-order valence-corrected chi connectivity index (χ0v) is 9.87. The number of fused-ring (bicyclic) bond motifs is 1. The van der Waals surface area contributed by atoms with Crippen LogP contribution in [-0.4, -0.2) is 0 Å². The highest BCUT2D eigenvalue weighted by molar-refractivity contribution is 5.67.